The van der Waals surface area contributed by atoms with Crippen LogP contribution in [0, 0.1) is 0 Å². The minimum Gasteiger partial charge on any atom is -0.337 e. The number of carbonyl (C=O) groups is 1. The number of likely N-dealkylation sites (tertiary alicyclic amines) is 1. The van der Waals surface area contributed by atoms with Crippen molar-refractivity contribution in [3.63, 3.8) is 0 Å². The molecule has 9 nitrogen and oxygen atoms in total. The fourth-order valence-corrected chi connectivity index (χ4v) is 4.27. The second-order valence-electron chi connectivity index (χ2n) is 7.40. The first kappa shape index (κ1) is 16.2. The summed E-state index contributed by atoms with van der Waals surface area (Å²) >= 11 is 0. The fraction of sp³-hybridized carbons (Fsp3) is 0.500. The largest absolute Gasteiger partial charge is 0.337 e. The zero-order valence-corrected chi connectivity index (χ0v) is 14.9. The molecule has 140 valence electrons. The maximum atomic E-state index is 12.8. The number of piperidine rings is 1. The van der Waals surface area contributed by atoms with Gasteiger partial charge in [0.25, 0.3) is 11.5 Å². The lowest BCUT2D eigenvalue weighted by Crippen LogP contribution is -2.39. The summed E-state index contributed by atoms with van der Waals surface area (Å²) in [5, 5.41) is 13.3. The van der Waals surface area contributed by atoms with E-state index in [0.717, 1.165) is 55.5 Å². The highest BCUT2D eigenvalue weighted by Gasteiger charge is 2.28. The van der Waals surface area contributed by atoms with Gasteiger partial charge in [0.2, 0.25) is 0 Å². The summed E-state index contributed by atoms with van der Waals surface area (Å²) in [5.74, 6) is 0.0306. The van der Waals surface area contributed by atoms with E-state index < -0.39 is 0 Å². The molecular formula is C18H21N7O2. The van der Waals surface area contributed by atoms with Crippen LogP contribution in [-0.4, -0.2) is 53.9 Å². The number of nitrogens with zero attached hydrogens (tertiary/aromatic N) is 5. The molecule has 27 heavy (non-hydrogen) atoms. The lowest BCUT2D eigenvalue weighted by atomic mass is 9.94. The number of aromatic nitrogens is 6. The van der Waals surface area contributed by atoms with Gasteiger partial charge in [0.1, 0.15) is 0 Å². The number of aryl methyl sites for hydroxylation is 1. The Kier molecular flexibility index (Phi) is 3.80. The highest BCUT2D eigenvalue weighted by molar-refractivity contribution is 5.92. The van der Waals surface area contributed by atoms with Crippen LogP contribution in [0.25, 0.3) is 5.65 Å². The number of H-pyrrole nitrogens is 2. The lowest BCUT2D eigenvalue weighted by Gasteiger charge is -2.31. The van der Waals surface area contributed by atoms with Crippen LogP contribution in [-0.2, 0) is 12.8 Å². The summed E-state index contributed by atoms with van der Waals surface area (Å²) in [6.45, 7) is 1.29. The average Bonchev–Trinajstić information content (AvgIpc) is 3.38. The molecular weight excluding hydrogens is 346 g/mol. The Morgan fingerprint density at radius 1 is 1.22 bits per heavy atom. The van der Waals surface area contributed by atoms with Crippen molar-refractivity contribution in [1.29, 1.82) is 0 Å². The molecule has 4 heterocycles. The zero-order chi connectivity index (χ0) is 18.4. The van der Waals surface area contributed by atoms with E-state index in [1.165, 1.54) is 6.20 Å². The Balaban J connectivity index is 1.45. The number of carbonyl (C=O) groups excluding carboxylic acids is 1. The van der Waals surface area contributed by atoms with Crippen LogP contribution < -0.4 is 5.56 Å². The van der Waals surface area contributed by atoms with Gasteiger partial charge in [0.15, 0.2) is 11.3 Å². The third-order valence-corrected chi connectivity index (χ3v) is 5.69. The topological polar surface area (TPSA) is 112 Å². The molecule has 1 unspecified atom stereocenters. The summed E-state index contributed by atoms with van der Waals surface area (Å²) in [5.41, 5.74) is 3.78. The molecule has 1 amide bonds. The number of aromatic amines is 2. The average molecular weight is 367 g/mol. The molecule has 3 aromatic heterocycles. The molecule has 1 fully saturated rings. The summed E-state index contributed by atoms with van der Waals surface area (Å²) in [7, 11) is 0. The van der Waals surface area contributed by atoms with Crippen molar-refractivity contribution in [1.82, 2.24) is 34.9 Å². The Bertz CT molecular complexity index is 1050. The van der Waals surface area contributed by atoms with Crippen LogP contribution in [0.5, 0.6) is 0 Å². The first-order chi connectivity index (χ1) is 13.2. The van der Waals surface area contributed by atoms with Crippen molar-refractivity contribution >= 4 is 11.6 Å². The molecule has 0 aromatic carbocycles. The Labute approximate surface area is 154 Å². The Morgan fingerprint density at radius 2 is 2.11 bits per heavy atom. The van der Waals surface area contributed by atoms with E-state index in [1.807, 2.05) is 6.07 Å². The molecule has 5 rings (SSSR count). The molecule has 0 bridgehead atoms. The first-order valence-corrected chi connectivity index (χ1v) is 9.49. The molecule has 9 heteroatoms. The molecule has 0 spiro atoms. The molecule has 1 aliphatic heterocycles. The van der Waals surface area contributed by atoms with Gasteiger partial charge in [-0.25, -0.2) is 9.50 Å². The van der Waals surface area contributed by atoms with Crippen LogP contribution in [0.2, 0.25) is 0 Å². The van der Waals surface area contributed by atoms with E-state index in [-0.39, 0.29) is 17.4 Å². The van der Waals surface area contributed by atoms with Gasteiger partial charge in [-0.2, -0.15) is 15.4 Å². The highest BCUT2D eigenvalue weighted by atomic mass is 16.2. The summed E-state index contributed by atoms with van der Waals surface area (Å²) in [4.78, 5) is 31.9. The van der Waals surface area contributed by atoms with Crippen molar-refractivity contribution in [3.05, 3.63) is 45.3 Å². The molecule has 1 aliphatic carbocycles. The van der Waals surface area contributed by atoms with E-state index in [0.29, 0.717) is 24.4 Å². The molecule has 0 radical (unpaired) electrons. The molecule has 0 saturated carbocycles. The minimum absolute atomic E-state index is 0.0206. The van der Waals surface area contributed by atoms with Gasteiger partial charge in [-0.3, -0.25) is 14.7 Å². The van der Waals surface area contributed by atoms with Gasteiger partial charge in [0, 0.05) is 36.3 Å². The van der Waals surface area contributed by atoms with E-state index in [4.69, 9.17) is 4.98 Å². The predicted molar refractivity (Wildman–Crippen MR) is 96.7 cm³/mol. The molecule has 1 atom stereocenters. The quantitative estimate of drug-likeness (QED) is 0.703. The van der Waals surface area contributed by atoms with Crippen molar-refractivity contribution in [2.45, 2.75) is 44.4 Å². The zero-order valence-electron chi connectivity index (χ0n) is 14.9. The van der Waals surface area contributed by atoms with Crippen LogP contribution in [0.1, 0.15) is 59.0 Å². The number of rotatable bonds is 2. The second-order valence-corrected chi connectivity index (χ2v) is 7.40. The van der Waals surface area contributed by atoms with Gasteiger partial charge in [-0.05, 0) is 38.5 Å². The van der Waals surface area contributed by atoms with E-state index >= 15 is 0 Å². The van der Waals surface area contributed by atoms with Crippen molar-refractivity contribution in [3.8, 4) is 0 Å². The first-order valence-electron chi connectivity index (χ1n) is 9.49. The van der Waals surface area contributed by atoms with Crippen LogP contribution in [0.3, 0.4) is 0 Å². The van der Waals surface area contributed by atoms with E-state index in [2.05, 4.69) is 20.5 Å². The van der Waals surface area contributed by atoms with Gasteiger partial charge >= 0.3 is 0 Å². The lowest BCUT2D eigenvalue weighted by molar-refractivity contribution is 0.0699. The molecule has 2 N–H and O–H groups in total. The molecule has 3 aromatic rings. The number of fused-ring (bicyclic) bond motifs is 2. The van der Waals surface area contributed by atoms with Crippen LogP contribution >= 0.6 is 0 Å². The minimum atomic E-state index is -0.115. The number of hydrogen-bond donors (Lipinski definition) is 2. The monoisotopic (exact) mass is 367 g/mol. The standard InChI is InChI=1S/C18H21N7O2/c26-17-12-5-1-2-6-13(12)20-16-8-14(22-25(16)17)11-4-3-7-24(10-11)18(27)15-9-19-23-21-15/h8-9,11,22H,1-7,10H2,(H,19,21,23). The number of nitrogens with one attached hydrogen (secondary N) is 2. The maximum Gasteiger partial charge on any atom is 0.276 e. The van der Waals surface area contributed by atoms with Gasteiger partial charge < -0.3 is 4.90 Å². The Hall–Kier alpha value is -2.97. The van der Waals surface area contributed by atoms with Gasteiger partial charge in [-0.15, -0.1) is 0 Å². The van der Waals surface area contributed by atoms with Gasteiger partial charge in [0.05, 0.1) is 11.9 Å². The number of hydrogen-bond acceptors (Lipinski definition) is 5. The van der Waals surface area contributed by atoms with Gasteiger partial charge in [-0.1, -0.05) is 0 Å². The Morgan fingerprint density at radius 3 is 2.96 bits per heavy atom. The van der Waals surface area contributed by atoms with Crippen molar-refractivity contribution in [2.24, 2.45) is 0 Å². The SMILES string of the molecule is O=C(c1cn[nH]n1)N1CCCC(c2cc3nc4c(c(=O)n3[nH]2)CCCC4)C1. The predicted octanol–water partition coefficient (Wildman–Crippen LogP) is 1.04. The second kappa shape index (κ2) is 6.33. The van der Waals surface area contributed by atoms with Crippen molar-refractivity contribution < 1.29 is 4.79 Å². The van der Waals surface area contributed by atoms with E-state index in [9.17, 15) is 9.59 Å². The fourth-order valence-electron chi connectivity index (χ4n) is 4.27. The van der Waals surface area contributed by atoms with Crippen molar-refractivity contribution in [2.75, 3.05) is 13.1 Å². The molecule has 1 saturated heterocycles. The third-order valence-electron chi connectivity index (χ3n) is 5.69. The van der Waals surface area contributed by atoms with Crippen LogP contribution in [0.15, 0.2) is 17.1 Å². The highest BCUT2D eigenvalue weighted by Crippen LogP contribution is 2.27. The smallest absolute Gasteiger partial charge is 0.276 e. The molecule has 2 aliphatic rings. The maximum absolute atomic E-state index is 12.8. The normalized spacial score (nSPS) is 20.0. The summed E-state index contributed by atoms with van der Waals surface area (Å²) in [6, 6.07) is 1.96. The summed E-state index contributed by atoms with van der Waals surface area (Å²) < 4.78 is 1.57. The number of amides is 1. The van der Waals surface area contributed by atoms with E-state index in [1.54, 1.807) is 9.42 Å². The van der Waals surface area contributed by atoms with Crippen LogP contribution in [0.4, 0.5) is 0 Å². The summed E-state index contributed by atoms with van der Waals surface area (Å²) in [6.07, 6.45) is 7.14. The third kappa shape index (κ3) is 2.73.